The molecule has 1 amide bonds. The van der Waals surface area contributed by atoms with E-state index in [2.05, 4.69) is 15.5 Å². The molecule has 4 nitrogen and oxygen atoms in total. The van der Waals surface area contributed by atoms with Gasteiger partial charge in [-0.25, -0.2) is 0 Å². The molecule has 2 saturated heterocycles. The van der Waals surface area contributed by atoms with Crippen molar-refractivity contribution < 1.29 is 4.79 Å². The predicted octanol–water partition coefficient (Wildman–Crippen LogP) is 1.51. The van der Waals surface area contributed by atoms with Gasteiger partial charge in [-0.2, -0.15) is 0 Å². The summed E-state index contributed by atoms with van der Waals surface area (Å²) in [5.41, 5.74) is 0. The maximum Gasteiger partial charge on any atom is 0.220 e. The van der Waals surface area contributed by atoms with Crippen molar-refractivity contribution >= 4 is 5.91 Å². The summed E-state index contributed by atoms with van der Waals surface area (Å²) in [5, 5.41) is 6.62. The van der Waals surface area contributed by atoms with Crippen LogP contribution in [0.4, 0.5) is 0 Å². The molecule has 0 aromatic carbocycles. The van der Waals surface area contributed by atoms with Crippen LogP contribution < -0.4 is 10.6 Å². The van der Waals surface area contributed by atoms with Gasteiger partial charge in [0.15, 0.2) is 0 Å². The summed E-state index contributed by atoms with van der Waals surface area (Å²) >= 11 is 0. The molecule has 0 radical (unpaired) electrons. The fourth-order valence-electron chi connectivity index (χ4n) is 4.10. The molecule has 0 bridgehead atoms. The number of likely N-dealkylation sites (tertiary alicyclic amines) is 1. The van der Waals surface area contributed by atoms with Crippen molar-refractivity contribution in [1.29, 1.82) is 0 Å². The lowest BCUT2D eigenvalue weighted by Gasteiger charge is -2.23. The van der Waals surface area contributed by atoms with Crippen molar-refractivity contribution in [3.05, 3.63) is 0 Å². The van der Waals surface area contributed by atoms with Crippen molar-refractivity contribution in [3.8, 4) is 0 Å². The molecule has 3 fully saturated rings. The van der Waals surface area contributed by atoms with Crippen LogP contribution in [0.25, 0.3) is 0 Å². The summed E-state index contributed by atoms with van der Waals surface area (Å²) in [6, 6.07) is 1.21. The van der Waals surface area contributed by atoms with E-state index in [-0.39, 0.29) is 5.91 Å². The molecular formula is C16H29N3O. The van der Waals surface area contributed by atoms with E-state index in [9.17, 15) is 4.79 Å². The van der Waals surface area contributed by atoms with Gasteiger partial charge in [-0.05, 0) is 51.1 Å². The summed E-state index contributed by atoms with van der Waals surface area (Å²) in [4.78, 5) is 14.6. The van der Waals surface area contributed by atoms with E-state index in [1.165, 1.54) is 38.6 Å². The topological polar surface area (TPSA) is 44.4 Å². The molecule has 2 heterocycles. The third-order valence-electron chi connectivity index (χ3n) is 5.37. The summed E-state index contributed by atoms with van der Waals surface area (Å²) in [6.45, 7) is 4.50. The zero-order valence-electron chi connectivity index (χ0n) is 12.6. The molecule has 0 aromatic heterocycles. The molecule has 20 heavy (non-hydrogen) atoms. The minimum atomic E-state index is 0.273. The second-order valence-corrected chi connectivity index (χ2v) is 6.88. The molecule has 2 atom stereocenters. The Labute approximate surface area is 122 Å². The average molecular weight is 279 g/mol. The molecule has 1 saturated carbocycles. The van der Waals surface area contributed by atoms with Gasteiger partial charge in [0.2, 0.25) is 5.91 Å². The van der Waals surface area contributed by atoms with Crippen LogP contribution in [0.1, 0.15) is 51.4 Å². The van der Waals surface area contributed by atoms with Crippen LogP contribution >= 0.6 is 0 Å². The second-order valence-electron chi connectivity index (χ2n) is 6.88. The number of nitrogens with zero attached hydrogens (tertiary/aromatic N) is 1. The highest BCUT2D eigenvalue weighted by Gasteiger charge is 2.30. The van der Waals surface area contributed by atoms with Crippen LogP contribution in [-0.4, -0.2) is 49.1 Å². The van der Waals surface area contributed by atoms with Gasteiger partial charge in [-0.15, -0.1) is 0 Å². The van der Waals surface area contributed by atoms with Crippen molar-refractivity contribution in [1.82, 2.24) is 15.5 Å². The Bertz CT molecular complexity index is 322. The normalized spacial score (nSPS) is 32.0. The van der Waals surface area contributed by atoms with Gasteiger partial charge in [-0.3, -0.25) is 9.69 Å². The zero-order chi connectivity index (χ0) is 13.8. The third-order valence-corrected chi connectivity index (χ3v) is 5.37. The molecule has 0 spiro atoms. The Morgan fingerprint density at radius 3 is 2.80 bits per heavy atom. The molecule has 114 valence electrons. The average Bonchev–Trinajstić information content (AvgIpc) is 3.18. The summed E-state index contributed by atoms with van der Waals surface area (Å²) < 4.78 is 0. The lowest BCUT2D eigenvalue weighted by molar-refractivity contribution is -0.122. The van der Waals surface area contributed by atoms with Crippen molar-refractivity contribution in [2.45, 2.75) is 63.5 Å². The minimum Gasteiger partial charge on any atom is -0.352 e. The largest absolute Gasteiger partial charge is 0.352 e. The number of carbonyl (C=O) groups excluding carboxylic acids is 1. The molecule has 3 rings (SSSR count). The summed E-state index contributed by atoms with van der Waals surface area (Å²) in [5.74, 6) is 0.995. The lowest BCUT2D eigenvalue weighted by Crippen LogP contribution is -2.39. The van der Waals surface area contributed by atoms with Crippen LogP contribution in [0.5, 0.6) is 0 Å². The van der Waals surface area contributed by atoms with Gasteiger partial charge in [0, 0.05) is 31.6 Å². The maximum absolute atomic E-state index is 12.0. The molecular weight excluding hydrogens is 250 g/mol. The van der Waals surface area contributed by atoms with Crippen LogP contribution in [0, 0.1) is 5.92 Å². The minimum absolute atomic E-state index is 0.273. The van der Waals surface area contributed by atoms with Crippen molar-refractivity contribution in [2.24, 2.45) is 5.92 Å². The molecule has 1 aliphatic carbocycles. The Hall–Kier alpha value is -0.610. The molecule has 3 aliphatic rings. The number of rotatable bonds is 5. The maximum atomic E-state index is 12.0. The van der Waals surface area contributed by atoms with Gasteiger partial charge in [-0.1, -0.05) is 12.8 Å². The van der Waals surface area contributed by atoms with Crippen LogP contribution in [-0.2, 0) is 4.79 Å². The van der Waals surface area contributed by atoms with E-state index in [1.54, 1.807) is 0 Å². The fourth-order valence-corrected chi connectivity index (χ4v) is 4.10. The first-order valence-electron chi connectivity index (χ1n) is 8.55. The number of nitrogens with one attached hydrogen (secondary N) is 2. The van der Waals surface area contributed by atoms with E-state index in [0.29, 0.717) is 12.5 Å². The molecule has 2 aliphatic heterocycles. The quantitative estimate of drug-likeness (QED) is 0.802. The van der Waals surface area contributed by atoms with E-state index in [4.69, 9.17) is 0 Å². The van der Waals surface area contributed by atoms with E-state index < -0.39 is 0 Å². The first-order chi connectivity index (χ1) is 9.81. The zero-order valence-corrected chi connectivity index (χ0v) is 12.6. The number of hydrogen-bond acceptors (Lipinski definition) is 3. The van der Waals surface area contributed by atoms with Crippen molar-refractivity contribution in [2.75, 3.05) is 26.2 Å². The first kappa shape index (κ1) is 14.3. The van der Waals surface area contributed by atoms with Gasteiger partial charge in [0.25, 0.3) is 0 Å². The predicted molar refractivity (Wildman–Crippen MR) is 80.6 cm³/mol. The Morgan fingerprint density at radius 1 is 1.20 bits per heavy atom. The van der Waals surface area contributed by atoms with Crippen LogP contribution in [0.3, 0.4) is 0 Å². The van der Waals surface area contributed by atoms with Gasteiger partial charge >= 0.3 is 0 Å². The van der Waals surface area contributed by atoms with E-state index >= 15 is 0 Å². The number of amides is 1. The van der Waals surface area contributed by atoms with Crippen LogP contribution in [0.15, 0.2) is 0 Å². The smallest absolute Gasteiger partial charge is 0.220 e. The van der Waals surface area contributed by atoms with E-state index in [1.807, 2.05) is 0 Å². The highest BCUT2D eigenvalue weighted by atomic mass is 16.1. The third kappa shape index (κ3) is 3.73. The summed E-state index contributed by atoms with van der Waals surface area (Å²) in [7, 11) is 0. The summed E-state index contributed by atoms with van der Waals surface area (Å²) in [6.07, 6.45) is 9.69. The SMILES string of the molecule is O=C(CCC1CCNC1)NC1CCN(C2CCCC2)C1. The Balaban J connectivity index is 1.34. The highest BCUT2D eigenvalue weighted by Crippen LogP contribution is 2.26. The number of hydrogen-bond donors (Lipinski definition) is 2. The molecule has 2 unspecified atom stereocenters. The molecule has 0 aromatic rings. The first-order valence-corrected chi connectivity index (χ1v) is 8.55. The van der Waals surface area contributed by atoms with Gasteiger partial charge in [0.05, 0.1) is 0 Å². The molecule has 2 N–H and O–H groups in total. The monoisotopic (exact) mass is 279 g/mol. The Morgan fingerprint density at radius 2 is 2.05 bits per heavy atom. The lowest BCUT2D eigenvalue weighted by atomic mass is 10.0. The van der Waals surface area contributed by atoms with Gasteiger partial charge in [0.1, 0.15) is 0 Å². The van der Waals surface area contributed by atoms with Crippen LogP contribution in [0.2, 0.25) is 0 Å². The standard InChI is InChI=1S/C16H29N3O/c20-16(6-5-13-7-9-17-11-13)18-14-8-10-19(12-14)15-3-1-2-4-15/h13-15,17H,1-12H2,(H,18,20). The number of carbonyl (C=O) groups is 1. The molecule has 4 heteroatoms. The Kier molecular flexibility index (Phi) is 4.94. The highest BCUT2D eigenvalue weighted by molar-refractivity contribution is 5.76. The second kappa shape index (κ2) is 6.90. The van der Waals surface area contributed by atoms with E-state index in [0.717, 1.165) is 44.4 Å². The van der Waals surface area contributed by atoms with Crippen molar-refractivity contribution in [3.63, 3.8) is 0 Å². The van der Waals surface area contributed by atoms with Gasteiger partial charge < -0.3 is 10.6 Å². The fraction of sp³-hybridized carbons (Fsp3) is 0.938.